The number of nitrogens with one attached hydrogen (secondary N) is 1. The van der Waals surface area contributed by atoms with E-state index in [-0.39, 0.29) is 16.7 Å². The monoisotopic (exact) mass is 485 g/mol. The average Bonchev–Trinajstić information content (AvgIpc) is 3.24. The fourth-order valence-corrected chi connectivity index (χ4v) is 5.66. The molecule has 4 aromatic rings. The van der Waals surface area contributed by atoms with E-state index in [0.29, 0.717) is 16.4 Å². The molecule has 32 heavy (non-hydrogen) atoms. The first-order chi connectivity index (χ1) is 15.6. The van der Waals surface area contributed by atoms with E-state index in [1.54, 1.807) is 0 Å². The SMILES string of the molecule is O=C(CSc1ncnc2nc(N3CCc4ccccc4C3)sc12)Nc1ccc(F)cc1Cl. The Hall–Kier alpha value is -2.75. The van der Waals surface area contributed by atoms with E-state index in [1.807, 2.05) is 0 Å². The summed E-state index contributed by atoms with van der Waals surface area (Å²) in [5, 5.41) is 4.46. The van der Waals surface area contributed by atoms with Gasteiger partial charge in [-0.05, 0) is 35.7 Å². The highest BCUT2D eigenvalue weighted by molar-refractivity contribution is 8.00. The molecule has 2 aromatic carbocycles. The number of rotatable bonds is 5. The number of carbonyl (C=O) groups is 1. The summed E-state index contributed by atoms with van der Waals surface area (Å²) >= 11 is 8.83. The van der Waals surface area contributed by atoms with Crippen LogP contribution in [-0.4, -0.2) is 33.2 Å². The van der Waals surface area contributed by atoms with Gasteiger partial charge in [0.1, 0.15) is 21.9 Å². The van der Waals surface area contributed by atoms with Crippen molar-refractivity contribution in [3.63, 3.8) is 0 Å². The van der Waals surface area contributed by atoms with E-state index in [1.165, 1.54) is 52.7 Å². The highest BCUT2D eigenvalue weighted by atomic mass is 35.5. The van der Waals surface area contributed by atoms with E-state index in [0.717, 1.165) is 35.4 Å². The number of carbonyl (C=O) groups excluding carboxylic acids is 1. The van der Waals surface area contributed by atoms with Gasteiger partial charge in [0, 0.05) is 13.1 Å². The van der Waals surface area contributed by atoms with Gasteiger partial charge in [-0.3, -0.25) is 4.79 Å². The number of amides is 1. The largest absolute Gasteiger partial charge is 0.343 e. The first-order valence-corrected chi connectivity index (χ1v) is 12.1. The van der Waals surface area contributed by atoms with Crippen LogP contribution in [0.5, 0.6) is 0 Å². The number of anilines is 2. The van der Waals surface area contributed by atoms with Gasteiger partial charge in [0.25, 0.3) is 0 Å². The molecule has 0 atom stereocenters. The van der Waals surface area contributed by atoms with Crippen LogP contribution in [0.1, 0.15) is 11.1 Å². The lowest BCUT2D eigenvalue weighted by atomic mass is 10.0. The second-order valence-corrected chi connectivity index (χ2v) is 9.58. The summed E-state index contributed by atoms with van der Waals surface area (Å²) in [4.78, 5) is 28.0. The molecular weight excluding hydrogens is 469 g/mol. The number of aromatic nitrogens is 3. The minimum atomic E-state index is -0.455. The van der Waals surface area contributed by atoms with Crippen molar-refractivity contribution in [2.45, 2.75) is 18.0 Å². The summed E-state index contributed by atoms with van der Waals surface area (Å²) in [7, 11) is 0. The number of thioether (sulfide) groups is 1. The number of benzene rings is 2. The number of nitrogens with zero attached hydrogens (tertiary/aromatic N) is 4. The third-order valence-corrected chi connectivity index (χ3v) is 7.64. The quantitative estimate of drug-likeness (QED) is 0.310. The lowest BCUT2D eigenvalue weighted by Crippen LogP contribution is -2.30. The van der Waals surface area contributed by atoms with Gasteiger partial charge < -0.3 is 10.2 Å². The number of halogens is 2. The number of fused-ring (bicyclic) bond motifs is 2. The van der Waals surface area contributed by atoms with Gasteiger partial charge in [-0.15, -0.1) is 0 Å². The lowest BCUT2D eigenvalue weighted by molar-refractivity contribution is -0.113. The van der Waals surface area contributed by atoms with Gasteiger partial charge in [0.15, 0.2) is 10.8 Å². The fraction of sp³-hybridized carbons (Fsp3) is 0.182. The Morgan fingerprint density at radius 2 is 2.06 bits per heavy atom. The third-order valence-electron chi connectivity index (χ3n) is 5.09. The van der Waals surface area contributed by atoms with Crippen molar-refractivity contribution < 1.29 is 9.18 Å². The van der Waals surface area contributed by atoms with Crippen LogP contribution < -0.4 is 10.2 Å². The summed E-state index contributed by atoms with van der Waals surface area (Å²) in [6, 6.07) is 12.3. The van der Waals surface area contributed by atoms with Crippen molar-refractivity contribution in [3.8, 4) is 0 Å². The van der Waals surface area contributed by atoms with Crippen LogP contribution in [-0.2, 0) is 17.8 Å². The van der Waals surface area contributed by atoms with Crippen LogP contribution in [0, 0.1) is 5.82 Å². The van der Waals surface area contributed by atoms with Crippen molar-refractivity contribution in [1.29, 1.82) is 0 Å². The maximum atomic E-state index is 13.2. The summed E-state index contributed by atoms with van der Waals surface area (Å²) in [5.74, 6) is -0.582. The Kier molecular flexibility index (Phi) is 5.95. The molecule has 10 heteroatoms. The summed E-state index contributed by atoms with van der Waals surface area (Å²) in [6.45, 7) is 1.71. The molecule has 3 heterocycles. The van der Waals surface area contributed by atoms with Crippen molar-refractivity contribution in [1.82, 2.24) is 15.0 Å². The molecule has 1 N–H and O–H groups in total. The molecule has 0 bridgehead atoms. The second kappa shape index (κ2) is 9.01. The maximum absolute atomic E-state index is 13.2. The molecule has 0 saturated heterocycles. The van der Waals surface area contributed by atoms with Crippen molar-refractivity contribution in [2.75, 3.05) is 22.5 Å². The maximum Gasteiger partial charge on any atom is 0.234 e. The number of hydrogen-bond acceptors (Lipinski definition) is 7. The molecule has 6 nitrogen and oxygen atoms in total. The van der Waals surface area contributed by atoms with E-state index in [9.17, 15) is 9.18 Å². The molecule has 1 aliphatic heterocycles. The topological polar surface area (TPSA) is 71.0 Å². The third kappa shape index (κ3) is 4.41. The zero-order valence-electron chi connectivity index (χ0n) is 16.7. The molecule has 0 fully saturated rings. The second-order valence-electron chi connectivity index (χ2n) is 7.23. The van der Waals surface area contributed by atoms with E-state index >= 15 is 0 Å². The summed E-state index contributed by atoms with van der Waals surface area (Å²) in [6.07, 6.45) is 2.44. The normalized spacial score (nSPS) is 13.2. The Labute approximate surface area is 196 Å². The van der Waals surface area contributed by atoms with Crippen LogP contribution in [0.2, 0.25) is 5.02 Å². The van der Waals surface area contributed by atoms with Crippen molar-refractivity contribution >= 4 is 61.8 Å². The molecule has 0 radical (unpaired) electrons. The Balaban J connectivity index is 1.30. The smallest absolute Gasteiger partial charge is 0.234 e. The van der Waals surface area contributed by atoms with Crippen molar-refractivity contribution in [3.05, 3.63) is 70.8 Å². The molecule has 162 valence electrons. The predicted octanol–water partition coefficient (Wildman–Crippen LogP) is 5.17. The van der Waals surface area contributed by atoms with Gasteiger partial charge >= 0.3 is 0 Å². The first kappa shape index (κ1) is 21.1. The van der Waals surface area contributed by atoms with Gasteiger partial charge in [0.2, 0.25) is 5.91 Å². The molecule has 0 spiro atoms. The van der Waals surface area contributed by atoms with Gasteiger partial charge in [0.05, 0.1) is 16.5 Å². The van der Waals surface area contributed by atoms with Crippen molar-refractivity contribution in [2.24, 2.45) is 0 Å². The molecule has 0 unspecified atom stereocenters. The Morgan fingerprint density at radius 3 is 2.91 bits per heavy atom. The van der Waals surface area contributed by atoms with Crippen LogP contribution >= 0.6 is 34.7 Å². The minimum absolute atomic E-state index is 0.129. The molecule has 0 aliphatic carbocycles. The Morgan fingerprint density at radius 1 is 1.22 bits per heavy atom. The molecule has 2 aromatic heterocycles. The molecule has 0 saturated carbocycles. The summed E-state index contributed by atoms with van der Waals surface area (Å²) in [5.41, 5.74) is 3.70. The minimum Gasteiger partial charge on any atom is -0.343 e. The zero-order chi connectivity index (χ0) is 22.1. The standard InChI is InChI=1S/C22H17ClFN5OS2/c23-16-9-15(24)5-6-17(16)27-18(30)11-31-21-19-20(25-12-26-21)28-22(32-19)29-8-7-13-3-1-2-4-14(13)10-29/h1-6,9,12H,7-8,10-11H2,(H,27,30). The van der Waals surface area contributed by atoms with Gasteiger partial charge in [-0.25, -0.2) is 14.4 Å². The van der Waals surface area contributed by atoms with Crippen LogP contribution in [0.15, 0.2) is 53.8 Å². The van der Waals surface area contributed by atoms with Crippen LogP contribution in [0.4, 0.5) is 15.2 Å². The molecule has 1 amide bonds. The highest BCUT2D eigenvalue weighted by Gasteiger charge is 2.21. The highest BCUT2D eigenvalue weighted by Crippen LogP contribution is 2.35. The number of thiazole rings is 1. The van der Waals surface area contributed by atoms with E-state index in [4.69, 9.17) is 16.6 Å². The van der Waals surface area contributed by atoms with Gasteiger partial charge in [-0.1, -0.05) is 59.0 Å². The summed E-state index contributed by atoms with van der Waals surface area (Å²) < 4.78 is 14.0. The molecule has 1 aliphatic rings. The molecular formula is C22H17ClFN5OS2. The first-order valence-electron chi connectivity index (χ1n) is 9.88. The van der Waals surface area contributed by atoms with E-state index < -0.39 is 5.82 Å². The molecule has 5 rings (SSSR count). The Bertz CT molecular complexity index is 1310. The average molecular weight is 486 g/mol. The number of hydrogen-bond donors (Lipinski definition) is 1. The van der Waals surface area contributed by atoms with E-state index in [2.05, 4.69) is 44.5 Å². The predicted molar refractivity (Wildman–Crippen MR) is 127 cm³/mol. The van der Waals surface area contributed by atoms with Crippen LogP contribution in [0.3, 0.4) is 0 Å². The lowest BCUT2D eigenvalue weighted by Gasteiger charge is -2.28. The van der Waals surface area contributed by atoms with Gasteiger partial charge in [-0.2, -0.15) is 4.98 Å². The fourth-order valence-electron chi connectivity index (χ4n) is 3.53. The van der Waals surface area contributed by atoms with Crippen LogP contribution in [0.25, 0.3) is 10.3 Å². The zero-order valence-corrected chi connectivity index (χ0v) is 19.1.